The fraction of sp³-hybridized carbons (Fsp3) is 0.353. The summed E-state index contributed by atoms with van der Waals surface area (Å²) in [7, 11) is 0. The molecule has 100 valence electrons. The number of hydrogen-bond acceptors (Lipinski definition) is 2. The summed E-state index contributed by atoms with van der Waals surface area (Å²) in [5.74, 6) is 0. The molecule has 0 aliphatic rings. The molecule has 2 aromatic rings. The number of benzene rings is 1. The molecule has 19 heavy (non-hydrogen) atoms. The van der Waals surface area contributed by atoms with E-state index in [9.17, 15) is 0 Å². The maximum atomic E-state index is 6.44. The van der Waals surface area contributed by atoms with E-state index in [4.69, 9.17) is 5.73 Å². The Hall–Kier alpha value is -1.67. The van der Waals surface area contributed by atoms with Crippen LogP contribution in [0.3, 0.4) is 0 Å². The third kappa shape index (κ3) is 3.02. The Bertz CT molecular complexity index is 567. The van der Waals surface area contributed by atoms with Crippen LogP contribution in [0.5, 0.6) is 0 Å². The molecule has 0 saturated heterocycles. The molecular weight excluding hydrogens is 232 g/mol. The molecule has 1 aromatic carbocycles. The lowest BCUT2D eigenvalue weighted by atomic mass is 9.81. The van der Waals surface area contributed by atoms with E-state index in [-0.39, 0.29) is 11.5 Å². The lowest BCUT2D eigenvalue weighted by Gasteiger charge is -2.26. The van der Waals surface area contributed by atoms with Crippen molar-refractivity contribution in [3.63, 3.8) is 0 Å². The van der Waals surface area contributed by atoms with Crippen molar-refractivity contribution in [1.82, 2.24) is 4.98 Å². The fourth-order valence-electron chi connectivity index (χ4n) is 2.38. The van der Waals surface area contributed by atoms with Gasteiger partial charge in [0.05, 0.1) is 6.04 Å². The van der Waals surface area contributed by atoms with Crippen molar-refractivity contribution in [3.8, 4) is 0 Å². The van der Waals surface area contributed by atoms with Crippen LogP contribution in [0.4, 0.5) is 0 Å². The number of aryl methyl sites for hydroxylation is 1. The van der Waals surface area contributed by atoms with Crippen LogP contribution in [0.2, 0.25) is 0 Å². The summed E-state index contributed by atoms with van der Waals surface area (Å²) < 4.78 is 0. The Morgan fingerprint density at radius 3 is 2.42 bits per heavy atom. The second-order valence-electron chi connectivity index (χ2n) is 6.11. The van der Waals surface area contributed by atoms with Crippen LogP contribution in [0.1, 0.15) is 49.1 Å². The van der Waals surface area contributed by atoms with Crippen molar-refractivity contribution < 1.29 is 0 Å². The van der Waals surface area contributed by atoms with Gasteiger partial charge in [0.15, 0.2) is 0 Å². The predicted molar refractivity (Wildman–Crippen MR) is 80.1 cm³/mol. The number of nitrogens with zero attached hydrogens (tertiary/aromatic N) is 1. The van der Waals surface area contributed by atoms with Crippen molar-refractivity contribution in [2.75, 3.05) is 0 Å². The lowest BCUT2D eigenvalue weighted by Crippen LogP contribution is -2.20. The Morgan fingerprint density at radius 1 is 1.11 bits per heavy atom. The Balaban J connectivity index is 2.48. The molecule has 0 fully saturated rings. The monoisotopic (exact) mass is 254 g/mol. The third-order valence-corrected chi connectivity index (χ3v) is 3.36. The number of pyridine rings is 1. The van der Waals surface area contributed by atoms with E-state index in [2.05, 4.69) is 50.0 Å². The third-order valence-electron chi connectivity index (χ3n) is 3.36. The molecule has 1 unspecified atom stereocenters. The quantitative estimate of drug-likeness (QED) is 0.886. The standard InChI is InChI=1S/C17H22N2/c1-12-9-13(11-19-10-12)16(18)14-7-5-6-8-15(14)17(2,3)4/h5-11,16H,18H2,1-4H3. The van der Waals surface area contributed by atoms with Gasteiger partial charge in [0.2, 0.25) is 0 Å². The van der Waals surface area contributed by atoms with Gasteiger partial charge in [0.1, 0.15) is 0 Å². The van der Waals surface area contributed by atoms with Crippen LogP contribution in [-0.2, 0) is 5.41 Å². The van der Waals surface area contributed by atoms with Crippen LogP contribution in [0.25, 0.3) is 0 Å². The first-order chi connectivity index (χ1) is 8.89. The highest BCUT2D eigenvalue weighted by Gasteiger charge is 2.21. The summed E-state index contributed by atoms with van der Waals surface area (Å²) in [5, 5.41) is 0. The molecule has 0 aliphatic carbocycles. The zero-order valence-corrected chi connectivity index (χ0v) is 12.1. The van der Waals surface area contributed by atoms with Crippen molar-refractivity contribution in [2.24, 2.45) is 5.73 Å². The van der Waals surface area contributed by atoms with E-state index >= 15 is 0 Å². The summed E-state index contributed by atoms with van der Waals surface area (Å²) in [4.78, 5) is 4.24. The van der Waals surface area contributed by atoms with Gasteiger partial charge in [-0.1, -0.05) is 51.1 Å². The first-order valence-corrected chi connectivity index (χ1v) is 6.66. The molecule has 0 bridgehead atoms. The van der Waals surface area contributed by atoms with E-state index in [1.54, 1.807) is 0 Å². The SMILES string of the molecule is Cc1cncc(C(N)c2ccccc2C(C)(C)C)c1. The van der Waals surface area contributed by atoms with Gasteiger partial charge in [0.25, 0.3) is 0 Å². The van der Waals surface area contributed by atoms with E-state index in [0.29, 0.717) is 0 Å². The molecule has 2 rings (SSSR count). The van der Waals surface area contributed by atoms with E-state index < -0.39 is 0 Å². The van der Waals surface area contributed by atoms with Crippen LogP contribution >= 0.6 is 0 Å². The van der Waals surface area contributed by atoms with Gasteiger partial charge in [-0.15, -0.1) is 0 Å². The smallest absolute Gasteiger partial charge is 0.0569 e. The topological polar surface area (TPSA) is 38.9 Å². The number of rotatable bonds is 2. The van der Waals surface area contributed by atoms with E-state index in [1.807, 2.05) is 25.4 Å². The summed E-state index contributed by atoms with van der Waals surface area (Å²) in [5.41, 5.74) is 11.2. The average Bonchev–Trinajstić information content (AvgIpc) is 2.37. The zero-order valence-electron chi connectivity index (χ0n) is 12.1. The second kappa shape index (κ2) is 5.14. The normalized spacial score (nSPS) is 13.3. The van der Waals surface area contributed by atoms with Gasteiger partial charge in [-0.3, -0.25) is 4.98 Å². The van der Waals surface area contributed by atoms with Crippen molar-refractivity contribution in [3.05, 3.63) is 65.0 Å². The van der Waals surface area contributed by atoms with Crippen LogP contribution in [0, 0.1) is 6.92 Å². The largest absolute Gasteiger partial charge is 0.320 e. The molecule has 0 radical (unpaired) electrons. The molecule has 0 saturated carbocycles. The highest BCUT2D eigenvalue weighted by Crippen LogP contribution is 2.31. The molecule has 0 spiro atoms. The van der Waals surface area contributed by atoms with E-state index in [0.717, 1.165) is 11.1 Å². The minimum Gasteiger partial charge on any atom is -0.320 e. The molecular formula is C17H22N2. The van der Waals surface area contributed by atoms with Gasteiger partial charge in [-0.2, -0.15) is 0 Å². The van der Waals surface area contributed by atoms with Crippen molar-refractivity contribution in [2.45, 2.75) is 39.2 Å². The second-order valence-corrected chi connectivity index (χ2v) is 6.11. The fourth-order valence-corrected chi connectivity index (χ4v) is 2.38. The number of aromatic nitrogens is 1. The molecule has 1 heterocycles. The average molecular weight is 254 g/mol. The summed E-state index contributed by atoms with van der Waals surface area (Å²) in [6.07, 6.45) is 3.71. The predicted octanol–water partition coefficient (Wildman–Crippen LogP) is 3.74. The van der Waals surface area contributed by atoms with Crippen LogP contribution < -0.4 is 5.73 Å². The molecule has 0 amide bonds. The highest BCUT2D eigenvalue weighted by atomic mass is 14.7. The van der Waals surface area contributed by atoms with Crippen LogP contribution in [-0.4, -0.2) is 4.98 Å². The Morgan fingerprint density at radius 2 is 1.79 bits per heavy atom. The maximum absolute atomic E-state index is 6.44. The Kier molecular flexibility index (Phi) is 3.72. The van der Waals surface area contributed by atoms with Crippen LogP contribution in [0.15, 0.2) is 42.7 Å². The van der Waals surface area contributed by atoms with Gasteiger partial charge in [0, 0.05) is 12.4 Å². The highest BCUT2D eigenvalue weighted by molar-refractivity contribution is 5.40. The molecule has 1 atom stereocenters. The van der Waals surface area contributed by atoms with Gasteiger partial charge in [-0.25, -0.2) is 0 Å². The minimum absolute atomic E-state index is 0.0888. The van der Waals surface area contributed by atoms with Crippen molar-refractivity contribution >= 4 is 0 Å². The number of hydrogen-bond donors (Lipinski definition) is 1. The molecule has 2 nitrogen and oxygen atoms in total. The van der Waals surface area contributed by atoms with Gasteiger partial charge in [-0.05, 0) is 34.6 Å². The maximum Gasteiger partial charge on any atom is 0.0569 e. The first-order valence-electron chi connectivity index (χ1n) is 6.66. The molecule has 2 N–H and O–H groups in total. The van der Waals surface area contributed by atoms with E-state index in [1.165, 1.54) is 11.1 Å². The summed E-state index contributed by atoms with van der Waals surface area (Å²) in [6, 6.07) is 10.4. The summed E-state index contributed by atoms with van der Waals surface area (Å²) >= 11 is 0. The lowest BCUT2D eigenvalue weighted by molar-refractivity contribution is 0.577. The summed E-state index contributed by atoms with van der Waals surface area (Å²) in [6.45, 7) is 8.69. The van der Waals surface area contributed by atoms with Gasteiger partial charge < -0.3 is 5.73 Å². The minimum atomic E-state index is -0.122. The first kappa shape index (κ1) is 13.8. The van der Waals surface area contributed by atoms with Crippen molar-refractivity contribution in [1.29, 1.82) is 0 Å². The zero-order chi connectivity index (χ0) is 14.0. The molecule has 1 aromatic heterocycles. The molecule has 2 heteroatoms. The Labute approximate surface area is 115 Å². The van der Waals surface area contributed by atoms with Gasteiger partial charge >= 0.3 is 0 Å². The molecule has 0 aliphatic heterocycles. The number of nitrogens with two attached hydrogens (primary N) is 1.